The monoisotopic (exact) mass is 433 g/mol. The highest BCUT2D eigenvalue weighted by atomic mass is 19.4. The number of methoxy groups -OCH3 is 1. The third-order valence-corrected chi connectivity index (χ3v) is 4.77. The predicted octanol–water partition coefficient (Wildman–Crippen LogP) is 3.97. The Kier molecular flexibility index (Phi) is 5.65. The molecule has 2 N–H and O–H groups in total. The molecule has 0 spiro atoms. The Labute approximate surface area is 175 Å². The molecule has 0 saturated carbocycles. The molecule has 1 aromatic heterocycles. The van der Waals surface area contributed by atoms with Crippen LogP contribution in [-0.4, -0.2) is 40.9 Å². The van der Waals surface area contributed by atoms with Gasteiger partial charge in [0, 0.05) is 5.56 Å². The number of imidazole rings is 1. The fourth-order valence-electron chi connectivity index (χ4n) is 3.57. The molecule has 1 unspecified atom stereocenters. The molecule has 3 rings (SSSR count). The summed E-state index contributed by atoms with van der Waals surface area (Å²) in [6.45, 7) is 1.90. The first-order valence-corrected chi connectivity index (χ1v) is 9.02. The number of halogens is 3. The molecule has 0 radical (unpaired) electrons. The summed E-state index contributed by atoms with van der Waals surface area (Å²) in [4.78, 5) is 17.8. The number of H-pyrrole nitrogens is 1. The minimum absolute atomic E-state index is 0.126. The molecule has 3 aromatic rings. The number of carbonyl (C=O) groups is 1. The van der Waals surface area contributed by atoms with E-state index in [0.29, 0.717) is 5.56 Å². The largest absolute Gasteiger partial charge is 0.496 e. The van der Waals surface area contributed by atoms with E-state index in [4.69, 9.17) is 19.8 Å². The Morgan fingerprint density at radius 1 is 1.26 bits per heavy atom. The molecule has 31 heavy (non-hydrogen) atoms. The number of nitriles is 1. The van der Waals surface area contributed by atoms with Crippen LogP contribution >= 0.6 is 0 Å². The lowest BCUT2D eigenvalue weighted by Gasteiger charge is -2.36. The molecule has 2 aromatic carbocycles. The first kappa shape index (κ1) is 22.1. The molecule has 0 fully saturated rings. The van der Waals surface area contributed by atoms with E-state index in [2.05, 4.69) is 9.97 Å². The van der Waals surface area contributed by atoms with E-state index in [9.17, 15) is 18.0 Å². The van der Waals surface area contributed by atoms with Gasteiger partial charge in [-0.3, -0.25) is 0 Å². The molecule has 7 nitrogen and oxygen atoms in total. The second-order valence-corrected chi connectivity index (χ2v) is 6.95. The highest BCUT2D eigenvalue weighted by molar-refractivity contribution is 5.77. The first-order valence-electron chi connectivity index (χ1n) is 9.02. The summed E-state index contributed by atoms with van der Waals surface area (Å²) in [6.07, 6.45) is -5.12. The zero-order valence-corrected chi connectivity index (χ0v) is 16.8. The number of nitrogens with zero attached hydrogens (tertiary/aromatic N) is 2. The standard InChI is InChI=1S/C21H18F3N3O4/c1-11-6-12(2)18(16(7-11)30-3)20(21(22,23)24,31-10-17(28)29)19-26-14-5-4-13(9-25)8-15(14)27-19/h4-8H,10H2,1-3H3,(H,26,27)(H,28,29). The van der Waals surface area contributed by atoms with E-state index in [1.807, 2.05) is 6.07 Å². The zero-order chi connectivity index (χ0) is 23.0. The van der Waals surface area contributed by atoms with Gasteiger partial charge >= 0.3 is 12.1 Å². The van der Waals surface area contributed by atoms with Crippen LogP contribution in [0.2, 0.25) is 0 Å². The van der Waals surface area contributed by atoms with Gasteiger partial charge in [-0.05, 0) is 49.2 Å². The maximum atomic E-state index is 14.8. The number of nitrogens with one attached hydrogen (secondary N) is 1. The lowest BCUT2D eigenvalue weighted by Crippen LogP contribution is -2.48. The molecule has 0 aliphatic heterocycles. The average molecular weight is 433 g/mol. The smallest absolute Gasteiger partial charge is 0.429 e. The number of ether oxygens (including phenoxy) is 2. The number of aryl methyl sites for hydroxylation is 2. The minimum atomic E-state index is -5.12. The molecule has 0 bridgehead atoms. The topological polar surface area (TPSA) is 108 Å². The number of hydrogen-bond donors (Lipinski definition) is 2. The van der Waals surface area contributed by atoms with Crippen molar-refractivity contribution in [3.05, 3.63) is 58.4 Å². The number of aromatic nitrogens is 2. The van der Waals surface area contributed by atoms with Gasteiger partial charge in [-0.25, -0.2) is 9.78 Å². The molecule has 0 amide bonds. The van der Waals surface area contributed by atoms with Crippen molar-refractivity contribution in [2.45, 2.75) is 25.6 Å². The summed E-state index contributed by atoms with van der Waals surface area (Å²) in [5.74, 6) is -2.38. The van der Waals surface area contributed by atoms with E-state index in [1.54, 1.807) is 6.92 Å². The minimum Gasteiger partial charge on any atom is -0.496 e. The van der Waals surface area contributed by atoms with Crippen LogP contribution in [0.25, 0.3) is 11.0 Å². The van der Waals surface area contributed by atoms with Crippen molar-refractivity contribution in [2.24, 2.45) is 0 Å². The molecule has 1 heterocycles. The number of carboxylic acid groups (broad SMARTS) is 1. The highest BCUT2D eigenvalue weighted by Gasteiger charge is 2.63. The molecule has 0 aliphatic rings. The summed E-state index contributed by atoms with van der Waals surface area (Å²) in [5.41, 5.74) is -2.30. The summed E-state index contributed by atoms with van der Waals surface area (Å²) in [5, 5.41) is 18.2. The third-order valence-electron chi connectivity index (χ3n) is 4.77. The predicted molar refractivity (Wildman–Crippen MR) is 104 cm³/mol. The van der Waals surface area contributed by atoms with Gasteiger partial charge in [0.15, 0.2) is 5.82 Å². The molecule has 10 heteroatoms. The second kappa shape index (κ2) is 7.92. The van der Waals surface area contributed by atoms with Crippen molar-refractivity contribution in [1.82, 2.24) is 9.97 Å². The Bertz CT molecular complexity index is 1200. The van der Waals surface area contributed by atoms with Crippen molar-refractivity contribution in [3.8, 4) is 11.8 Å². The van der Waals surface area contributed by atoms with E-state index < -0.39 is 35.7 Å². The molecule has 1 atom stereocenters. The normalized spacial score (nSPS) is 13.6. The number of aromatic amines is 1. The Balaban J connectivity index is 2.42. The number of fused-ring (bicyclic) bond motifs is 1. The molecule has 0 saturated heterocycles. The van der Waals surface area contributed by atoms with Gasteiger partial charge in [-0.2, -0.15) is 18.4 Å². The van der Waals surface area contributed by atoms with E-state index in [-0.39, 0.29) is 27.9 Å². The van der Waals surface area contributed by atoms with Gasteiger partial charge in [0.2, 0.25) is 0 Å². The number of benzene rings is 2. The number of rotatable bonds is 6. The van der Waals surface area contributed by atoms with Gasteiger partial charge in [0.05, 0.1) is 29.8 Å². The number of aliphatic carboxylic acids is 1. The summed E-state index contributed by atoms with van der Waals surface area (Å²) >= 11 is 0. The van der Waals surface area contributed by atoms with Gasteiger partial charge in [-0.1, -0.05) is 6.07 Å². The Morgan fingerprint density at radius 3 is 2.55 bits per heavy atom. The van der Waals surface area contributed by atoms with Crippen LogP contribution < -0.4 is 4.74 Å². The van der Waals surface area contributed by atoms with Crippen LogP contribution in [0.1, 0.15) is 28.1 Å². The molecule has 162 valence electrons. The Hall–Kier alpha value is -3.58. The lowest BCUT2D eigenvalue weighted by atomic mass is 9.86. The average Bonchev–Trinajstić information content (AvgIpc) is 3.11. The van der Waals surface area contributed by atoms with Gasteiger partial charge in [0.25, 0.3) is 5.60 Å². The quantitative estimate of drug-likeness (QED) is 0.609. The molecular formula is C21H18F3N3O4. The second-order valence-electron chi connectivity index (χ2n) is 6.95. The lowest BCUT2D eigenvalue weighted by molar-refractivity contribution is -0.269. The molecular weight excluding hydrogens is 415 g/mol. The maximum Gasteiger partial charge on any atom is 0.429 e. The number of alkyl halides is 3. The zero-order valence-electron chi connectivity index (χ0n) is 16.8. The maximum absolute atomic E-state index is 14.8. The van der Waals surface area contributed by atoms with Crippen LogP contribution in [-0.2, 0) is 15.1 Å². The van der Waals surface area contributed by atoms with E-state index in [1.165, 1.54) is 44.4 Å². The fourth-order valence-corrected chi connectivity index (χ4v) is 3.57. The van der Waals surface area contributed by atoms with Gasteiger partial charge < -0.3 is 19.6 Å². The van der Waals surface area contributed by atoms with Crippen LogP contribution in [0.15, 0.2) is 30.3 Å². The molecule has 0 aliphatic carbocycles. The van der Waals surface area contributed by atoms with Crippen LogP contribution in [0.5, 0.6) is 5.75 Å². The Morgan fingerprint density at radius 2 is 1.97 bits per heavy atom. The van der Waals surface area contributed by atoms with Crippen molar-refractivity contribution in [3.63, 3.8) is 0 Å². The van der Waals surface area contributed by atoms with E-state index >= 15 is 0 Å². The first-order chi connectivity index (χ1) is 14.5. The highest BCUT2D eigenvalue weighted by Crippen LogP contribution is 2.51. The van der Waals surface area contributed by atoms with Crippen LogP contribution in [0.4, 0.5) is 13.2 Å². The van der Waals surface area contributed by atoms with Gasteiger partial charge in [0.1, 0.15) is 12.4 Å². The van der Waals surface area contributed by atoms with Crippen LogP contribution in [0, 0.1) is 25.2 Å². The summed E-state index contributed by atoms with van der Waals surface area (Å²) in [6, 6.07) is 8.98. The van der Waals surface area contributed by atoms with Crippen molar-refractivity contribution >= 4 is 17.0 Å². The fraction of sp³-hybridized carbons (Fsp3) is 0.286. The third kappa shape index (κ3) is 3.80. The number of carboxylic acids is 1. The van der Waals surface area contributed by atoms with E-state index in [0.717, 1.165) is 0 Å². The van der Waals surface area contributed by atoms with Crippen molar-refractivity contribution in [2.75, 3.05) is 13.7 Å². The summed E-state index contributed by atoms with van der Waals surface area (Å²) < 4.78 is 54.7. The SMILES string of the molecule is COc1cc(C)cc(C)c1C(OCC(=O)O)(c1nc2ccc(C#N)cc2[nH]1)C(F)(F)F. The van der Waals surface area contributed by atoms with Crippen molar-refractivity contribution < 1.29 is 32.5 Å². The summed E-state index contributed by atoms with van der Waals surface area (Å²) in [7, 11) is 1.22. The number of hydrogen-bond acceptors (Lipinski definition) is 5. The van der Waals surface area contributed by atoms with Crippen molar-refractivity contribution in [1.29, 1.82) is 5.26 Å². The van der Waals surface area contributed by atoms with Crippen LogP contribution in [0.3, 0.4) is 0 Å². The van der Waals surface area contributed by atoms with Gasteiger partial charge in [-0.15, -0.1) is 0 Å².